The van der Waals surface area contributed by atoms with E-state index in [9.17, 15) is 14.7 Å². The van der Waals surface area contributed by atoms with Crippen LogP contribution in [0.4, 0.5) is 0 Å². The Hall–Kier alpha value is -1.14. The summed E-state index contributed by atoms with van der Waals surface area (Å²) in [4.78, 5) is 24.0. The first-order chi connectivity index (χ1) is 7.70. The summed E-state index contributed by atoms with van der Waals surface area (Å²) in [6, 6.07) is -0.904. The van der Waals surface area contributed by atoms with Gasteiger partial charge in [-0.25, -0.2) is 4.79 Å². The highest BCUT2D eigenvalue weighted by Crippen LogP contribution is 2.20. The molecular formula is C11H20N2O4. The molecule has 1 heterocycles. The summed E-state index contributed by atoms with van der Waals surface area (Å²) in [5.74, 6) is -1.32. The van der Waals surface area contributed by atoms with Crippen molar-refractivity contribution in [1.82, 2.24) is 4.90 Å². The van der Waals surface area contributed by atoms with Crippen LogP contribution in [0.3, 0.4) is 0 Å². The summed E-state index contributed by atoms with van der Waals surface area (Å²) in [6.45, 7) is 3.72. The molecule has 0 saturated carbocycles. The molecule has 1 fully saturated rings. The van der Waals surface area contributed by atoms with Crippen LogP contribution in [0, 0.1) is 0 Å². The number of aliphatic hydroxyl groups excluding tert-OH is 1. The predicted molar refractivity (Wildman–Crippen MR) is 61.3 cm³/mol. The molecule has 0 bridgehead atoms. The van der Waals surface area contributed by atoms with Gasteiger partial charge >= 0.3 is 5.97 Å². The number of aliphatic carboxylic acids is 1. The molecule has 0 aromatic heterocycles. The summed E-state index contributed by atoms with van der Waals surface area (Å²) < 4.78 is 0. The molecule has 17 heavy (non-hydrogen) atoms. The van der Waals surface area contributed by atoms with Gasteiger partial charge in [0, 0.05) is 24.9 Å². The number of nitrogens with zero attached hydrogens (tertiary/aromatic N) is 1. The van der Waals surface area contributed by atoms with Crippen LogP contribution in [0.2, 0.25) is 0 Å². The first kappa shape index (κ1) is 13.9. The van der Waals surface area contributed by atoms with Gasteiger partial charge in [-0.3, -0.25) is 4.79 Å². The third-order valence-electron chi connectivity index (χ3n) is 2.87. The third-order valence-corrected chi connectivity index (χ3v) is 2.87. The SMILES string of the molecule is CC(C)(N)CCC(=O)N1C[C@@H](O)C[C@H]1C(=O)O. The molecular weight excluding hydrogens is 224 g/mol. The number of aliphatic hydroxyl groups is 1. The van der Waals surface area contributed by atoms with E-state index in [-0.39, 0.29) is 25.3 Å². The lowest BCUT2D eigenvalue weighted by Gasteiger charge is -2.24. The predicted octanol–water partition coefficient (Wildman–Crippen LogP) is -0.450. The number of hydrogen-bond donors (Lipinski definition) is 3. The van der Waals surface area contributed by atoms with Crippen LogP contribution in [0.1, 0.15) is 33.1 Å². The molecule has 0 aromatic carbocycles. The van der Waals surface area contributed by atoms with E-state index in [2.05, 4.69) is 0 Å². The molecule has 1 aliphatic heterocycles. The van der Waals surface area contributed by atoms with E-state index in [0.717, 1.165) is 0 Å². The van der Waals surface area contributed by atoms with Crippen molar-refractivity contribution in [2.45, 2.75) is 50.8 Å². The molecule has 4 N–H and O–H groups in total. The van der Waals surface area contributed by atoms with Crippen LogP contribution < -0.4 is 5.73 Å². The minimum absolute atomic E-state index is 0.0980. The average molecular weight is 244 g/mol. The lowest BCUT2D eigenvalue weighted by molar-refractivity contribution is -0.148. The third kappa shape index (κ3) is 3.98. The van der Waals surface area contributed by atoms with Gasteiger partial charge in [-0.2, -0.15) is 0 Å². The van der Waals surface area contributed by atoms with E-state index in [4.69, 9.17) is 10.8 Å². The number of rotatable bonds is 4. The molecule has 0 unspecified atom stereocenters. The van der Waals surface area contributed by atoms with Crippen LogP contribution >= 0.6 is 0 Å². The maximum atomic E-state index is 11.8. The summed E-state index contributed by atoms with van der Waals surface area (Å²) in [5, 5.41) is 18.4. The van der Waals surface area contributed by atoms with Gasteiger partial charge in [0.25, 0.3) is 0 Å². The van der Waals surface area contributed by atoms with Gasteiger partial charge in [-0.05, 0) is 20.3 Å². The van der Waals surface area contributed by atoms with E-state index < -0.39 is 23.7 Å². The Bertz CT molecular complexity index is 311. The number of amides is 1. The fraction of sp³-hybridized carbons (Fsp3) is 0.818. The monoisotopic (exact) mass is 244 g/mol. The quantitative estimate of drug-likeness (QED) is 0.621. The van der Waals surface area contributed by atoms with Crippen LogP contribution in [-0.2, 0) is 9.59 Å². The van der Waals surface area contributed by atoms with E-state index >= 15 is 0 Å². The number of β-amino-alcohol motifs (C(OH)–C–C–N with tert-alkyl or cyclic N) is 1. The van der Waals surface area contributed by atoms with Crippen molar-refractivity contribution in [1.29, 1.82) is 0 Å². The van der Waals surface area contributed by atoms with Gasteiger partial charge < -0.3 is 20.8 Å². The summed E-state index contributed by atoms with van der Waals surface area (Å²) in [6.07, 6.45) is 0.0589. The van der Waals surface area contributed by atoms with Crippen molar-refractivity contribution in [3.63, 3.8) is 0 Å². The number of carbonyl (C=O) groups excluding carboxylic acids is 1. The molecule has 0 aliphatic carbocycles. The molecule has 2 atom stereocenters. The average Bonchev–Trinajstić information content (AvgIpc) is 2.55. The van der Waals surface area contributed by atoms with Gasteiger partial charge in [-0.15, -0.1) is 0 Å². The lowest BCUT2D eigenvalue weighted by Crippen LogP contribution is -2.42. The molecule has 0 radical (unpaired) electrons. The van der Waals surface area contributed by atoms with Gasteiger partial charge in [0.05, 0.1) is 6.10 Å². The molecule has 0 spiro atoms. The van der Waals surface area contributed by atoms with E-state index in [0.29, 0.717) is 6.42 Å². The zero-order valence-electron chi connectivity index (χ0n) is 10.2. The maximum Gasteiger partial charge on any atom is 0.326 e. The number of carbonyl (C=O) groups is 2. The van der Waals surface area contributed by atoms with E-state index in [1.165, 1.54) is 4.90 Å². The van der Waals surface area contributed by atoms with E-state index in [1.54, 1.807) is 0 Å². The Morgan fingerprint density at radius 1 is 1.47 bits per heavy atom. The Kier molecular flexibility index (Phi) is 4.11. The second-order valence-electron chi connectivity index (χ2n) is 5.28. The largest absolute Gasteiger partial charge is 0.480 e. The minimum Gasteiger partial charge on any atom is -0.480 e. The zero-order chi connectivity index (χ0) is 13.2. The number of likely N-dealkylation sites (tertiary alicyclic amines) is 1. The zero-order valence-corrected chi connectivity index (χ0v) is 10.2. The molecule has 0 aromatic rings. The van der Waals surface area contributed by atoms with Crippen molar-refractivity contribution in [2.75, 3.05) is 6.54 Å². The standard InChI is InChI=1S/C11H20N2O4/c1-11(2,12)4-3-9(15)13-6-7(14)5-8(13)10(16)17/h7-8,14H,3-6,12H2,1-2H3,(H,16,17)/t7-,8-/m0/s1. The van der Waals surface area contributed by atoms with Crippen molar-refractivity contribution in [3.05, 3.63) is 0 Å². The van der Waals surface area contributed by atoms with Gasteiger partial charge in [0.1, 0.15) is 6.04 Å². The summed E-state index contributed by atoms with van der Waals surface area (Å²) in [7, 11) is 0. The second-order valence-corrected chi connectivity index (χ2v) is 5.28. The van der Waals surface area contributed by atoms with Gasteiger partial charge in [0.2, 0.25) is 5.91 Å². The highest BCUT2D eigenvalue weighted by Gasteiger charge is 2.38. The molecule has 6 heteroatoms. The minimum atomic E-state index is -1.07. The molecule has 98 valence electrons. The van der Waals surface area contributed by atoms with Gasteiger partial charge in [-0.1, -0.05) is 0 Å². The van der Waals surface area contributed by atoms with Crippen molar-refractivity contribution < 1.29 is 19.8 Å². The number of carboxylic acid groups (broad SMARTS) is 1. The van der Waals surface area contributed by atoms with Crippen LogP contribution in [0.5, 0.6) is 0 Å². The Morgan fingerprint density at radius 2 is 2.06 bits per heavy atom. The highest BCUT2D eigenvalue weighted by atomic mass is 16.4. The fourth-order valence-electron chi connectivity index (χ4n) is 1.90. The Balaban J connectivity index is 2.59. The lowest BCUT2D eigenvalue weighted by atomic mass is 9.99. The van der Waals surface area contributed by atoms with E-state index in [1.807, 2.05) is 13.8 Å². The normalized spacial score (nSPS) is 25.1. The Labute approximate surface area is 100 Å². The van der Waals surface area contributed by atoms with Crippen molar-refractivity contribution in [2.24, 2.45) is 5.73 Å². The molecule has 1 amide bonds. The molecule has 1 saturated heterocycles. The van der Waals surface area contributed by atoms with Gasteiger partial charge in [0.15, 0.2) is 0 Å². The molecule has 1 aliphatic rings. The smallest absolute Gasteiger partial charge is 0.326 e. The van der Waals surface area contributed by atoms with Crippen LogP contribution in [0.25, 0.3) is 0 Å². The first-order valence-electron chi connectivity index (χ1n) is 5.70. The number of carboxylic acids is 1. The summed E-state index contributed by atoms with van der Waals surface area (Å²) in [5.41, 5.74) is 5.32. The maximum absolute atomic E-state index is 11.8. The molecule has 6 nitrogen and oxygen atoms in total. The highest BCUT2D eigenvalue weighted by molar-refractivity contribution is 5.84. The first-order valence-corrected chi connectivity index (χ1v) is 5.70. The van der Waals surface area contributed by atoms with Crippen molar-refractivity contribution in [3.8, 4) is 0 Å². The van der Waals surface area contributed by atoms with Crippen molar-refractivity contribution >= 4 is 11.9 Å². The Morgan fingerprint density at radius 3 is 2.53 bits per heavy atom. The summed E-state index contributed by atoms with van der Waals surface area (Å²) >= 11 is 0. The fourth-order valence-corrected chi connectivity index (χ4v) is 1.90. The second kappa shape index (κ2) is 5.01. The number of hydrogen-bond acceptors (Lipinski definition) is 4. The topological polar surface area (TPSA) is 104 Å². The number of nitrogens with two attached hydrogens (primary N) is 1. The van der Waals surface area contributed by atoms with Crippen LogP contribution in [-0.4, -0.2) is 51.2 Å². The van der Waals surface area contributed by atoms with Crippen LogP contribution in [0.15, 0.2) is 0 Å². The molecule has 1 rings (SSSR count).